The summed E-state index contributed by atoms with van der Waals surface area (Å²) in [4.78, 5) is 22.7. The molecule has 2 rings (SSSR count). The zero-order chi connectivity index (χ0) is 14.9. The molecule has 0 saturated heterocycles. The van der Waals surface area contributed by atoms with E-state index in [1.807, 2.05) is 36.4 Å². The number of rotatable bonds is 4. The van der Waals surface area contributed by atoms with Crippen molar-refractivity contribution >= 4 is 38.5 Å². The van der Waals surface area contributed by atoms with Crippen LogP contribution in [0.3, 0.4) is 0 Å². The van der Waals surface area contributed by atoms with Crippen molar-refractivity contribution in [2.45, 2.75) is 19.8 Å². The van der Waals surface area contributed by atoms with E-state index in [1.165, 1.54) is 6.92 Å². The van der Waals surface area contributed by atoms with Gasteiger partial charge in [-0.2, -0.15) is 0 Å². The molecule has 0 radical (unpaired) electrons. The first-order chi connectivity index (χ1) is 9.43. The van der Waals surface area contributed by atoms with E-state index in [1.54, 1.807) is 6.92 Å². The fourth-order valence-electron chi connectivity index (χ4n) is 2.50. The van der Waals surface area contributed by atoms with Crippen molar-refractivity contribution in [1.82, 2.24) is 0 Å². The van der Waals surface area contributed by atoms with Gasteiger partial charge in [0.25, 0.3) is 0 Å². The minimum Gasteiger partial charge on any atom is -0.549 e. The Kier molecular flexibility index (Phi) is 4.23. The number of fused-ring (bicyclic) bond motifs is 1. The molecule has 0 aromatic heterocycles. The van der Waals surface area contributed by atoms with Crippen molar-refractivity contribution in [1.29, 1.82) is 0 Å². The van der Waals surface area contributed by atoms with Gasteiger partial charge in [0, 0.05) is 4.47 Å². The van der Waals surface area contributed by atoms with E-state index >= 15 is 0 Å². The number of hydrogen-bond acceptors (Lipinski definition) is 3. The first-order valence-corrected chi connectivity index (χ1v) is 7.11. The van der Waals surface area contributed by atoms with Crippen molar-refractivity contribution in [3.8, 4) is 0 Å². The van der Waals surface area contributed by atoms with Gasteiger partial charge in [-0.1, -0.05) is 43.3 Å². The number of carbonyl (C=O) groups is 2. The number of carboxylic acids is 1. The zero-order valence-electron chi connectivity index (χ0n) is 11.2. The van der Waals surface area contributed by atoms with Crippen molar-refractivity contribution < 1.29 is 14.7 Å². The molecule has 2 atom stereocenters. The van der Waals surface area contributed by atoms with E-state index in [0.29, 0.717) is 0 Å². The molecule has 2 aromatic carbocycles. The summed E-state index contributed by atoms with van der Waals surface area (Å²) < 4.78 is 0.829. The van der Waals surface area contributed by atoms with Crippen LogP contribution in [0.1, 0.15) is 25.3 Å². The fraction of sp³-hybridized carbons (Fsp3) is 0.250. The lowest BCUT2D eigenvalue weighted by Crippen LogP contribution is -2.38. The molecule has 3 nitrogen and oxygen atoms in total. The summed E-state index contributed by atoms with van der Waals surface area (Å²) in [7, 11) is 0. The maximum Gasteiger partial charge on any atom is 0.139 e. The van der Waals surface area contributed by atoms with Gasteiger partial charge in [-0.05, 0) is 45.1 Å². The van der Waals surface area contributed by atoms with Crippen LogP contribution in [0.15, 0.2) is 40.9 Å². The van der Waals surface area contributed by atoms with Gasteiger partial charge in [0.1, 0.15) is 5.78 Å². The fourth-order valence-corrected chi connectivity index (χ4v) is 3.36. The minimum absolute atomic E-state index is 0.391. The number of aliphatic carboxylic acids is 1. The lowest BCUT2D eigenvalue weighted by molar-refractivity contribution is -0.310. The molecule has 20 heavy (non-hydrogen) atoms. The molecule has 4 heteroatoms. The third kappa shape index (κ3) is 2.61. The second-order valence-electron chi connectivity index (χ2n) is 4.89. The van der Waals surface area contributed by atoms with Gasteiger partial charge in [-0.3, -0.25) is 4.79 Å². The lowest BCUT2D eigenvalue weighted by Gasteiger charge is -2.24. The van der Waals surface area contributed by atoms with Gasteiger partial charge < -0.3 is 9.90 Å². The molecule has 0 amide bonds. The van der Waals surface area contributed by atoms with Crippen LogP contribution >= 0.6 is 15.9 Å². The third-order valence-electron chi connectivity index (χ3n) is 3.58. The van der Waals surface area contributed by atoms with Crippen LogP contribution < -0.4 is 5.11 Å². The van der Waals surface area contributed by atoms with Crippen molar-refractivity contribution in [2.24, 2.45) is 5.92 Å². The Morgan fingerprint density at radius 3 is 2.40 bits per heavy atom. The second kappa shape index (κ2) is 5.75. The molecule has 0 fully saturated rings. The Morgan fingerprint density at radius 2 is 1.80 bits per heavy atom. The van der Waals surface area contributed by atoms with E-state index in [0.717, 1.165) is 20.8 Å². The quantitative estimate of drug-likeness (QED) is 0.808. The van der Waals surface area contributed by atoms with Gasteiger partial charge in [-0.25, -0.2) is 0 Å². The summed E-state index contributed by atoms with van der Waals surface area (Å²) in [5, 5.41) is 13.2. The highest BCUT2D eigenvalue weighted by Crippen LogP contribution is 2.35. The van der Waals surface area contributed by atoms with E-state index < -0.39 is 23.6 Å². The average Bonchev–Trinajstić information content (AvgIpc) is 2.38. The number of carbonyl (C=O) groups excluding carboxylic acids is 2. The largest absolute Gasteiger partial charge is 0.549 e. The third-order valence-corrected chi connectivity index (χ3v) is 4.46. The molecule has 0 spiro atoms. The monoisotopic (exact) mass is 333 g/mol. The highest BCUT2D eigenvalue weighted by molar-refractivity contribution is 9.10. The minimum atomic E-state index is -1.33. The molecular weight excluding hydrogens is 320 g/mol. The van der Waals surface area contributed by atoms with Crippen molar-refractivity contribution in [2.75, 3.05) is 0 Å². The summed E-state index contributed by atoms with van der Waals surface area (Å²) in [6.07, 6.45) is 0. The van der Waals surface area contributed by atoms with Crippen LogP contribution in [0.4, 0.5) is 0 Å². The maximum absolute atomic E-state index is 11.5. The zero-order valence-corrected chi connectivity index (χ0v) is 12.8. The Bertz CT molecular complexity index is 664. The van der Waals surface area contributed by atoms with Gasteiger partial charge in [0.2, 0.25) is 0 Å². The number of ketones is 1. The molecule has 0 saturated carbocycles. The molecule has 0 N–H and O–H groups in total. The molecule has 0 heterocycles. The van der Waals surface area contributed by atoms with E-state index in [4.69, 9.17) is 0 Å². The Morgan fingerprint density at radius 1 is 1.15 bits per heavy atom. The van der Waals surface area contributed by atoms with Gasteiger partial charge in [0.05, 0.1) is 11.9 Å². The van der Waals surface area contributed by atoms with Gasteiger partial charge in [0.15, 0.2) is 0 Å². The van der Waals surface area contributed by atoms with E-state index in [-0.39, 0.29) is 0 Å². The molecule has 2 unspecified atom stereocenters. The second-order valence-corrected chi connectivity index (χ2v) is 5.68. The van der Waals surface area contributed by atoms with Crippen LogP contribution in [0.2, 0.25) is 0 Å². The predicted molar refractivity (Wildman–Crippen MR) is 79.2 cm³/mol. The highest BCUT2D eigenvalue weighted by Gasteiger charge is 2.26. The highest BCUT2D eigenvalue weighted by atomic mass is 79.9. The molecule has 104 valence electrons. The smallest absolute Gasteiger partial charge is 0.139 e. The molecule has 0 aliphatic carbocycles. The number of hydrogen-bond donors (Lipinski definition) is 0. The van der Waals surface area contributed by atoms with Crippen LogP contribution in [0, 0.1) is 5.92 Å². The van der Waals surface area contributed by atoms with Crippen LogP contribution in [-0.2, 0) is 9.59 Å². The molecule has 0 aliphatic heterocycles. The lowest BCUT2D eigenvalue weighted by atomic mass is 9.84. The van der Waals surface area contributed by atoms with Crippen molar-refractivity contribution in [3.63, 3.8) is 0 Å². The number of carboxylic acid groups (broad SMARTS) is 1. The summed E-state index contributed by atoms with van der Waals surface area (Å²) in [5.41, 5.74) is 0.799. The molecule has 0 bridgehead atoms. The van der Waals surface area contributed by atoms with Crippen molar-refractivity contribution in [3.05, 3.63) is 46.4 Å². The van der Waals surface area contributed by atoms with E-state index in [2.05, 4.69) is 15.9 Å². The van der Waals surface area contributed by atoms with Crippen LogP contribution in [0.25, 0.3) is 10.8 Å². The van der Waals surface area contributed by atoms with Crippen LogP contribution in [-0.4, -0.2) is 11.8 Å². The Labute approximate surface area is 125 Å². The summed E-state index contributed by atoms with van der Waals surface area (Å²) in [6.45, 7) is 3.02. The number of benzene rings is 2. The van der Waals surface area contributed by atoms with E-state index in [9.17, 15) is 14.7 Å². The van der Waals surface area contributed by atoms with Gasteiger partial charge >= 0.3 is 0 Å². The summed E-state index contributed by atoms with van der Waals surface area (Å²) in [5.74, 6) is -3.30. The molecule has 2 aromatic rings. The normalized spacial score (nSPS) is 13.9. The Balaban J connectivity index is 2.54. The average molecular weight is 334 g/mol. The maximum atomic E-state index is 11.5. The predicted octanol–water partition coefficient (Wildman–Crippen LogP) is 2.66. The standard InChI is InChI=1S/C16H15BrO3/c1-9(14(10(2)18)16(19)20)12-8-7-11-5-3-4-6-13(11)15(12)17/h3-9,14H,1-2H3,(H,19,20)/p-1. The van der Waals surface area contributed by atoms with Gasteiger partial charge in [-0.15, -0.1) is 0 Å². The first kappa shape index (κ1) is 14.7. The topological polar surface area (TPSA) is 57.2 Å². The SMILES string of the molecule is CC(=O)C(C(=O)[O-])C(C)c1ccc2ccccc2c1Br. The summed E-state index contributed by atoms with van der Waals surface area (Å²) >= 11 is 3.52. The first-order valence-electron chi connectivity index (χ1n) is 6.32. The van der Waals surface area contributed by atoms with Crippen LogP contribution in [0.5, 0.6) is 0 Å². The number of Topliss-reactive ketones (excluding diaryl/α,β-unsaturated/α-hetero) is 1. The number of halogens is 1. The Hall–Kier alpha value is -1.68. The summed E-state index contributed by atoms with van der Waals surface area (Å²) in [6, 6.07) is 11.6. The molecular formula is C16H14BrO3-. The molecule has 0 aliphatic rings.